The molecule has 2 aliphatic heterocycles. The molecule has 0 bridgehead atoms. The molecular formula is C19H31N3O. The van der Waals surface area contributed by atoms with Gasteiger partial charge in [0, 0.05) is 37.9 Å². The van der Waals surface area contributed by atoms with Crippen molar-refractivity contribution in [1.29, 1.82) is 0 Å². The normalized spacial score (nSPS) is 22.6. The number of piperazine rings is 1. The largest absolute Gasteiger partial charge is 0.497 e. The molecule has 0 spiro atoms. The van der Waals surface area contributed by atoms with Gasteiger partial charge in [0.2, 0.25) is 0 Å². The van der Waals surface area contributed by atoms with Gasteiger partial charge in [0.25, 0.3) is 0 Å². The Hall–Kier alpha value is -1.26. The summed E-state index contributed by atoms with van der Waals surface area (Å²) < 4.78 is 5.18. The van der Waals surface area contributed by atoms with Crippen molar-refractivity contribution >= 4 is 5.69 Å². The van der Waals surface area contributed by atoms with Crippen molar-refractivity contribution in [2.24, 2.45) is 0 Å². The Bertz CT molecular complexity index is 462. The average molecular weight is 317 g/mol. The minimum absolute atomic E-state index is 0.843. The Labute approximate surface area is 140 Å². The van der Waals surface area contributed by atoms with E-state index in [1.165, 1.54) is 70.5 Å². The fourth-order valence-electron chi connectivity index (χ4n) is 3.83. The highest BCUT2D eigenvalue weighted by atomic mass is 16.5. The lowest BCUT2D eigenvalue weighted by molar-refractivity contribution is 0.0488. The molecule has 0 amide bonds. The van der Waals surface area contributed by atoms with E-state index in [0.717, 1.165) is 18.3 Å². The number of anilines is 1. The highest BCUT2D eigenvalue weighted by Gasteiger charge is 2.28. The third-order valence-electron chi connectivity index (χ3n) is 5.24. The predicted octanol–water partition coefficient (Wildman–Crippen LogP) is 3.06. The van der Waals surface area contributed by atoms with Crippen LogP contribution in [-0.2, 0) is 0 Å². The van der Waals surface area contributed by atoms with Crippen molar-refractivity contribution in [3.63, 3.8) is 0 Å². The first-order valence-corrected chi connectivity index (χ1v) is 9.19. The van der Waals surface area contributed by atoms with Gasteiger partial charge in [-0.1, -0.05) is 6.42 Å². The second-order valence-corrected chi connectivity index (χ2v) is 6.85. The van der Waals surface area contributed by atoms with Gasteiger partial charge >= 0.3 is 0 Å². The van der Waals surface area contributed by atoms with Gasteiger partial charge in [-0.25, -0.2) is 0 Å². The van der Waals surface area contributed by atoms with Crippen LogP contribution in [0.2, 0.25) is 0 Å². The number of nitrogens with zero attached hydrogens (tertiary/aromatic N) is 2. The zero-order chi connectivity index (χ0) is 15.9. The Morgan fingerprint density at radius 1 is 1.09 bits per heavy atom. The number of ether oxygens (including phenoxy) is 1. The van der Waals surface area contributed by atoms with Crippen LogP contribution < -0.4 is 10.1 Å². The minimum Gasteiger partial charge on any atom is -0.497 e. The average Bonchev–Trinajstić information content (AvgIpc) is 2.62. The molecule has 2 saturated heterocycles. The first kappa shape index (κ1) is 16.6. The van der Waals surface area contributed by atoms with E-state index in [9.17, 15) is 0 Å². The predicted molar refractivity (Wildman–Crippen MR) is 96.4 cm³/mol. The van der Waals surface area contributed by atoms with Crippen LogP contribution in [0.5, 0.6) is 5.75 Å². The van der Waals surface area contributed by atoms with Crippen LogP contribution >= 0.6 is 0 Å². The van der Waals surface area contributed by atoms with Crippen LogP contribution in [-0.4, -0.2) is 62.2 Å². The Balaban J connectivity index is 1.29. The zero-order valence-electron chi connectivity index (χ0n) is 14.5. The first-order valence-electron chi connectivity index (χ1n) is 9.19. The van der Waals surface area contributed by atoms with E-state index in [1.54, 1.807) is 7.11 Å². The number of unbranched alkanes of at least 4 members (excludes halogenated alkanes) is 1. The number of hydrogen-bond donors (Lipinski definition) is 1. The number of fused-ring (bicyclic) bond motifs is 1. The number of methoxy groups -OCH3 is 1. The summed E-state index contributed by atoms with van der Waals surface area (Å²) in [7, 11) is 1.70. The lowest BCUT2D eigenvalue weighted by Crippen LogP contribution is -2.54. The SMILES string of the molecule is COc1ccc(NCCCCN2CCN3CCCCC3C2)cc1. The van der Waals surface area contributed by atoms with Crippen molar-refractivity contribution in [1.82, 2.24) is 9.80 Å². The third kappa shape index (κ3) is 4.85. The fraction of sp³-hybridized carbons (Fsp3) is 0.684. The molecule has 2 heterocycles. The Kier molecular flexibility index (Phi) is 6.17. The second-order valence-electron chi connectivity index (χ2n) is 6.85. The van der Waals surface area contributed by atoms with E-state index in [0.29, 0.717) is 0 Å². The number of hydrogen-bond acceptors (Lipinski definition) is 4. The molecule has 1 aromatic rings. The summed E-state index contributed by atoms with van der Waals surface area (Å²) in [5.41, 5.74) is 1.18. The smallest absolute Gasteiger partial charge is 0.119 e. The summed E-state index contributed by atoms with van der Waals surface area (Å²) in [6.45, 7) is 7.50. The third-order valence-corrected chi connectivity index (χ3v) is 5.24. The van der Waals surface area contributed by atoms with Gasteiger partial charge in [0.1, 0.15) is 5.75 Å². The molecule has 1 unspecified atom stereocenters. The molecule has 0 aliphatic carbocycles. The van der Waals surface area contributed by atoms with E-state index >= 15 is 0 Å². The first-order chi connectivity index (χ1) is 11.3. The van der Waals surface area contributed by atoms with E-state index in [-0.39, 0.29) is 0 Å². The van der Waals surface area contributed by atoms with Gasteiger partial charge in [-0.15, -0.1) is 0 Å². The molecule has 1 atom stereocenters. The van der Waals surface area contributed by atoms with Crippen LogP contribution in [0.15, 0.2) is 24.3 Å². The minimum atomic E-state index is 0.843. The lowest BCUT2D eigenvalue weighted by atomic mass is 9.99. The molecule has 128 valence electrons. The van der Waals surface area contributed by atoms with Crippen molar-refractivity contribution in [3.05, 3.63) is 24.3 Å². The highest BCUT2D eigenvalue weighted by Crippen LogP contribution is 2.21. The highest BCUT2D eigenvalue weighted by molar-refractivity contribution is 5.46. The molecule has 3 rings (SSSR count). The van der Waals surface area contributed by atoms with Crippen LogP contribution in [0.3, 0.4) is 0 Å². The fourth-order valence-corrected chi connectivity index (χ4v) is 3.83. The molecule has 0 radical (unpaired) electrons. The molecule has 1 N–H and O–H groups in total. The van der Waals surface area contributed by atoms with Crippen molar-refractivity contribution in [3.8, 4) is 5.75 Å². The summed E-state index contributed by atoms with van der Waals surface area (Å²) in [4.78, 5) is 5.39. The van der Waals surface area contributed by atoms with Gasteiger partial charge in [-0.05, 0) is 63.0 Å². The van der Waals surface area contributed by atoms with E-state index in [1.807, 2.05) is 12.1 Å². The Morgan fingerprint density at radius 2 is 1.96 bits per heavy atom. The summed E-state index contributed by atoms with van der Waals surface area (Å²) >= 11 is 0. The Morgan fingerprint density at radius 3 is 2.78 bits per heavy atom. The topological polar surface area (TPSA) is 27.7 Å². The summed E-state index contributed by atoms with van der Waals surface area (Å²) in [5.74, 6) is 0.914. The molecule has 2 aliphatic rings. The molecule has 1 aromatic carbocycles. The number of rotatable bonds is 7. The number of piperidine rings is 1. The van der Waals surface area contributed by atoms with Crippen LogP contribution in [0, 0.1) is 0 Å². The lowest BCUT2D eigenvalue weighted by Gasteiger charge is -2.44. The van der Waals surface area contributed by atoms with Gasteiger partial charge in [-0.2, -0.15) is 0 Å². The van der Waals surface area contributed by atoms with Crippen LogP contribution in [0.25, 0.3) is 0 Å². The molecule has 4 nitrogen and oxygen atoms in total. The van der Waals surface area contributed by atoms with Crippen LogP contribution in [0.4, 0.5) is 5.69 Å². The molecular weight excluding hydrogens is 286 g/mol. The van der Waals surface area contributed by atoms with Crippen LogP contribution in [0.1, 0.15) is 32.1 Å². The number of nitrogens with one attached hydrogen (secondary N) is 1. The maximum atomic E-state index is 5.18. The van der Waals surface area contributed by atoms with Crippen molar-refractivity contribution in [2.75, 3.05) is 51.7 Å². The van der Waals surface area contributed by atoms with Gasteiger partial charge < -0.3 is 15.0 Å². The van der Waals surface area contributed by atoms with Gasteiger partial charge in [0.05, 0.1) is 7.11 Å². The standard InChI is InChI=1S/C19H31N3O/c1-23-19-9-7-17(8-10-19)20-11-3-5-12-21-14-15-22-13-4-2-6-18(22)16-21/h7-10,18,20H,2-6,11-16H2,1H3. The molecule has 4 heteroatoms. The molecule has 2 fully saturated rings. The summed E-state index contributed by atoms with van der Waals surface area (Å²) in [6, 6.07) is 9.02. The van der Waals surface area contributed by atoms with E-state index in [4.69, 9.17) is 4.74 Å². The molecule has 23 heavy (non-hydrogen) atoms. The molecule has 0 aromatic heterocycles. The van der Waals surface area contributed by atoms with E-state index in [2.05, 4.69) is 27.2 Å². The van der Waals surface area contributed by atoms with Crippen molar-refractivity contribution in [2.45, 2.75) is 38.1 Å². The van der Waals surface area contributed by atoms with E-state index < -0.39 is 0 Å². The van der Waals surface area contributed by atoms with Crippen molar-refractivity contribution < 1.29 is 4.74 Å². The maximum Gasteiger partial charge on any atom is 0.119 e. The quantitative estimate of drug-likeness (QED) is 0.782. The maximum absolute atomic E-state index is 5.18. The zero-order valence-corrected chi connectivity index (χ0v) is 14.5. The monoisotopic (exact) mass is 317 g/mol. The molecule has 0 saturated carbocycles. The summed E-state index contributed by atoms with van der Waals surface area (Å²) in [5, 5.41) is 3.50. The second kappa shape index (κ2) is 8.55. The number of benzene rings is 1. The summed E-state index contributed by atoms with van der Waals surface area (Å²) in [6.07, 6.45) is 6.77. The van der Waals surface area contributed by atoms with Gasteiger partial charge in [-0.3, -0.25) is 4.90 Å². The van der Waals surface area contributed by atoms with Gasteiger partial charge in [0.15, 0.2) is 0 Å².